The molecular weight excluding hydrogens is 1190 g/mol. The number of ether oxygens (including phenoxy) is 6. The molecule has 93 heavy (non-hydrogen) atoms. The molecule has 0 saturated carbocycles. The summed E-state index contributed by atoms with van der Waals surface area (Å²) in [4.78, 5) is 13.4. The van der Waals surface area contributed by atoms with Gasteiger partial charge in [-0.25, -0.2) is 0 Å². The number of hydrogen-bond acceptors (Lipinski definition) is 18. The largest absolute Gasteiger partial charge is 0.394 e. The summed E-state index contributed by atoms with van der Waals surface area (Å²) in [6.07, 6.45) is 41.2. The number of aliphatic hydroxyl groups is 11. The Hall–Kier alpha value is -2.25. The van der Waals surface area contributed by atoms with Crippen molar-refractivity contribution in [3.63, 3.8) is 0 Å². The second-order valence-electron chi connectivity index (χ2n) is 26.7. The van der Waals surface area contributed by atoms with E-state index in [0.717, 1.165) is 77.0 Å². The second-order valence-corrected chi connectivity index (χ2v) is 26.7. The minimum atomic E-state index is -1.98. The molecule has 19 nitrogen and oxygen atoms in total. The van der Waals surface area contributed by atoms with E-state index in [9.17, 15) is 61.0 Å². The van der Waals surface area contributed by atoms with Gasteiger partial charge in [-0.1, -0.05) is 274 Å². The van der Waals surface area contributed by atoms with Crippen LogP contribution in [0.3, 0.4) is 0 Å². The lowest BCUT2D eigenvalue weighted by Crippen LogP contribution is -2.66. The molecule has 0 aliphatic carbocycles. The van der Waals surface area contributed by atoms with Crippen LogP contribution in [0.2, 0.25) is 0 Å². The van der Waals surface area contributed by atoms with Crippen LogP contribution in [-0.4, -0.2) is 193 Å². The first-order valence-electron chi connectivity index (χ1n) is 37.4. The second kappa shape index (κ2) is 55.6. The van der Waals surface area contributed by atoms with Gasteiger partial charge in [-0.2, -0.15) is 0 Å². The number of carbonyl (C=O) groups excluding carboxylic acids is 1. The molecule has 19 heteroatoms. The molecule has 3 rings (SSSR count). The highest BCUT2D eigenvalue weighted by atomic mass is 16.8. The van der Waals surface area contributed by atoms with Gasteiger partial charge >= 0.3 is 0 Å². The number of unbranched alkanes of at least 4 members (excludes halogenated alkanes) is 36. The summed E-state index contributed by atoms with van der Waals surface area (Å²) < 4.78 is 34.4. The predicted molar refractivity (Wildman–Crippen MR) is 365 cm³/mol. The zero-order valence-electron chi connectivity index (χ0n) is 57.7. The smallest absolute Gasteiger partial charge is 0.220 e. The zero-order chi connectivity index (χ0) is 67.5. The van der Waals surface area contributed by atoms with Gasteiger partial charge < -0.3 is 89.9 Å². The molecule has 3 aliphatic heterocycles. The maximum atomic E-state index is 13.4. The van der Waals surface area contributed by atoms with Crippen molar-refractivity contribution in [1.29, 1.82) is 0 Å². The molecule has 0 aromatic rings. The fourth-order valence-corrected chi connectivity index (χ4v) is 12.6. The normalized spacial score (nSPS) is 27.8. The van der Waals surface area contributed by atoms with Gasteiger partial charge in [-0.15, -0.1) is 0 Å². The van der Waals surface area contributed by atoms with Crippen LogP contribution in [0.4, 0.5) is 0 Å². The Morgan fingerprint density at radius 3 is 1.16 bits per heavy atom. The third kappa shape index (κ3) is 37.0. The van der Waals surface area contributed by atoms with E-state index in [0.29, 0.717) is 6.42 Å². The number of aliphatic hydroxyl groups excluding tert-OH is 11. The lowest BCUT2D eigenvalue weighted by atomic mass is 9.96. The molecule has 3 fully saturated rings. The Labute approximate surface area is 561 Å². The summed E-state index contributed by atoms with van der Waals surface area (Å²) in [6.45, 7) is 1.63. The molecule has 17 unspecified atom stereocenters. The summed E-state index contributed by atoms with van der Waals surface area (Å²) in [5.41, 5.74) is 0. The van der Waals surface area contributed by atoms with E-state index >= 15 is 0 Å². The number of hydrogen-bond donors (Lipinski definition) is 12. The highest BCUT2D eigenvalue weighted by Gasteiger charge is 2.53. The van der Waals surface area contributed by atoms with Crippen LogP contribution in [-0.2, 0) is 33.2 Å². The van der Waals surface area contributed by atoms with Crippen molar-refractivity contribution in [2.45, 2.75) is 388 Å². The van der Waals surface area contributed by atoms with Crippen LogP contribution in [0.15, 0.2) is 48.6 Å². The molecule has 544 valence electrons. The maximum absolute atomic E-state index is 13.4. The number of rotatable bonds is 58. The molecule has 0 aromatic heterocycles. The van der Waals surface area contributed by atoms with Crippen molar-refractivity contribution in [3.8, 4) is 0 Å². The van der Waals surface area contributed by atoms with Crippen molar-refractivity contribution in [3.05, 3.63) is 48.6 Å². The zero-order valence-corrected chi connectivity index (χ0v) is 57.7. The minimum absolute atomic E-state index is 0.223. The summed E-state index contributed by atoms with van der Waals surface area (Å²) in [7, 11) is 0. The Morgan fingerprint density at radius 1 is 0.398 bits per heavy atom. The summed E-state index contributed by atoms with van der Waals surface area (Å²) in [5.74, 6) is -0.291. The fraction of sp³-hybridized carbons (Fsp3) is 0.878. The van der Waals surface area contributed by atoms with E-state index < -0.39 is 124 Å². The summed E-state index contributed by atoms with van der Waals surface area (Å²) in [5, 5.41) is 121. The average molecular weight is 1330 g/mol. The lowest BCUT2D eigenvalue weighted by molar-refractivity contribution is -0.379. The number of nitrogens with one attached hydrogen (secondary N) is 1. The monoisotopic (exact) mass is 1330 g/mol. The van der Waals surface area contributed by atoms with Crippen molar-refractivity contribution >= 4 is 5.91 Å². The van der Waals surface area contributed by atoms with Crippen LogP contribution in [0, 0.1) is 0 Å². The highest BCUT2D eigenvalue weighted by molar-refractivity contribution is 5.76. The maximum Gasteiger partial charge on any atom is 0.220 e. The van der Waals surface area contributed by atoms with Crippen molar-refractivity contribution < 1.29 is 89.4 Å². The molecule has 1 amide bonds. The third-order valence-electron chi connectivity index (χ3n) is 18.6. The van der Waals surface area contributed by atoms with Gasteiger partial charge in [0.25, 0.3) is 0 Å². The Bertz CT molecular complexity index is 1870. The molecule has 17 atom stereocenters. The van der Waals surface area contributed by atoms with Crippen molar-refractivity contribution in [1.82, 2.24) is 5.32 Å². The van der Waals surface area contributed by atoms with Gasteiger partial charge in [0.15, 0.2) is 18.9 Å². The Kier molecular flexibility index (Phi) is 50.8. The van der Waals surface area contributed by atoms with E-state index in [1.807, 2.05) is 6.08 Å². The molecule has 0 aromatic carbocycles. The predicted octanol–water partition coefficient (Wildman–Crippen LogP) is 10.9. The van der Waals surface area contributed by atoms with Crippen LogP contribution >= 0.6 is 0 Å². The first kappa shape index (κ1) is 85.0. The minimum Gasteiger partial charge on any atom is -0.394 e. The molecule has 3 saturated heterocycles. The standard InChI is InChI=1S/C74H135NO18/c1-3-5-7-9-11-13-15-17-19-20-21-22-23-24-25-26-27-28-29-30-31-32-33-34-35-36-38-39-41-43-45-47-49-51-58(79)57(75-62(80)52-50-48-46-44-42-40-37-18-16-14-12-10-8-6-4-2)56-88-72-68(86)65(83)70(60(54-77)90-72)93-74-69(87)66(84)71(61(55-78)91-74)92-73-67(85)64(82)63(81)59(53-76)89-73/h6,8,12,14,18,37,49,51,57-61,63-74,76-79,81-87H,3-5,7,9-11,13,15-17,19-36,38-48,50,52-56H2,1-2H3,(H,75,80)/b8-6-,14-12-,37-18-,51-49+. The molecule has 12 N–H and O–H groups in total. The van der Waals surface area contributed by atoms with Gasteiger partial charge in [-0.3, -0.25) is 4.79 Å². The quantitative estimate of drug-likeness (QED) is 0.0199. The van der Waals surface area contributed by atoms with E-state index in [1.165, 1.54) is 180 Å². The van der Waals surface area contributed by atoms with Gasteiger partial charge in [0.2, 0.25) is 5.91 Å². The van der Waals surface area contributed by atoms with Crippen LogP contribution in [0.5, 0.6) is 0 Å². The van der Waals surface area contributed by atoms with Crippen molar-refractivity contribution in [2.75, 3.05) is 26.4 Å². The molecule has 0 radical (unpaired) electrons. The van der Waals surface area contributed by atoms with E-state index in [2.05, 4.69) is 55.6 Å². The van der Waals surface area contributed by atoms with Gasteiger partial charge in [0.1, 0.15) is 73.2 Å². The van der Waals surface area contributed by atoms with Gasteiger partial charge in [-0.05, 0) is 51.4 Å². The van der Waals surface area contributed by atoms with E-state index in [-0.39, 0.29) is 18.9 Å². The molecular formula is C74H135NO18. The van der Waals surface area contributed by atoms with Crippen molar-refractivity contribution in [2.24, 2.45) is 0 Å². The van der Waals surface area contributed by atoms with E-state index in [1.54, 1.807) is 6.08 Å². The molecule has 3 aliphatic rings. The number of carbonyl (C=O) groups is 1. The van der Waals surface area contributed by atoms with Crippen LogP contribution < -0.4 is 5.32 Å². The molecule has 0 spiro atoms. The Balaban J connectivity index is 1.37. The highest BCUT2D eigenvalue weighted by Crippen LogP contribution is 2.33. The SMILES string of the molecule is CC/C=C\C/C=C\C/C=C\CCCCCCCC(=O)NC(COC1OC(CO)C(OC2OC(CO)C(OC3OC(CO)C(O)C(O)C3O)C(O)C2O)C(O)C1O)C(O)/C=C/CCCCCCCCCCCCCCCCCCCCCCCCCCCCCCCCC. The van der Waals surface area contributed by atoms with E-state index in [4.69, 9.17) is 28.4 Å². The fourth-order valence-electron chi connectivity index (χ4n) is 12.6. The first-order chi connectivity index (χ1) is 45.3. The number of allylic oxidation sites excluding steroid dienone is 7. The van der Waals surface area contributed by atoms with Gasteiger partial charge in [0.05, 0.1) is 38.6 Å². The van der Waals surface area contributed by atoms with Crippen LogP contribution in [0.25, 0.3) is 0 Å². The third-order valence-corrected chi connectivity index (χ3v) is 18.6. The van der Waals surface area contributed by atoms with Crippen LogP contribution in [0.1, 0.15) is 284 Å². The van der Waals surface area contributed by atoms with Gasteiger partial charge in [0, 0.05) is 6.42 Å². The lowest BCUT2D eigenvalue weighted by Gasteiger charge is -2.48. The Morgan fingerprint density at radius 2 is 0.742 bits per heavy atom. The summed E-state index contributed by atoms with van der Waals surface area (Å²) in [6, 6.07) is -0.984. The number of amides is 1. The topological polar surface area (TPSA) is 307 Å². The first-order valence-corrected chi connectivity index (χ1v) is 37.4. The summed E-state index contributed by atoms with van der Waals surface area (Å²) >= 11 is 0. The average Bonchev–Trinajstić information content (AvgIpc) is 0.814. The molecule has 3 heterocycles. The molecule has 0 bridgehead atoms.